The van der Waals surface area contributed by atoms with Gasteiger partial charge in [-0.3, -0.25) is 38.4 Å². The first-order valence-electron chi connectivity index (χ1n) is 39.8. The topological polar surface area (TPSA) is 866 Å². The van der Waals surface area contributed by atoms with Gasteiger partial charge in [-0.05, 0) is 55.4 Å². The standard InChI is InChI=1S/8C9H17NO6/c8*1-5-8(10-6(2)12)7(13)3-9(14,16-5)15-4-11/h8*5,7-8,11,13-14H,3-4H2,1-2H3,(H,10,12). The minimum atomic E-state index is -2.01. The van der Waals surface area contributed by atoms with Gasteiger partial charge in [-0.25, -0.2) is 0 Å². The summed E-state index contributed by atoms with van der Waals surface area (Å²) in [5.74, 6) is -18.5. The highest BCUT2D eigenvalue weighted by atomic mass is 16.9. The first-order chi connectivity index (χ1) is 59.0. The number of carbonyl (C=O) groups excluding carboxylic acids is 8. The van der Waals surface area contributed by atoms with E-state index in [1.54, 1.807) is 55.4 Å². The number of rotatable bonds is 24. The molecule has 0 saturated carbocycles. The highest BCUT2D eigenvalue weighted by Gasteiger charge is 2.53. The zero-order valence-electron chi connectivity index (χ0n) is 73.7. The molecule has 8 aliphatic rings. The normalized spacial score (nSPS) is 39.4. The van der Waals surface area contributed by atoms with Crippen molar-refractivity contribution in [3.63, 3.8) is 0 Å². The molecule has 8 amide bonds. The minimum absolute atomic E-state index is 0.247. The number of aliphatic hydroxyl groups is 24. The summed E-state index contributed by atoms with van der Waals surface area (Å²) in [6.45, 7) is 17.4. The number of hydrogen-bond acceptors (Lipinski definition) is 48. The fourth-order valence-corrected chi connectivity index (χ4v) is 14.1. The summed E-state index contributed by atoms with van der Waals surface area (Å²) in [6.07, 6.45) is -15.1. The summed E-state index contributed by atoms with van der Waals surface area (Å²) in [5, 5.41) is 244. The second-order valence-corrected chi connectivity index (χ2v) is 30.5. The van der Waals surface area contributed by atoms with Crippen LogP contribution in [0.2, 0.25) is 0 Å². The predicted octanol–water partition coefficient (Wildman–Crippen LogP) is -13.8. The van der Waals surface area contributed by atoms with E-state index in [0.717, 1.165) is 0 Å². The molecule has 0 aromatic rings. The van der Waals surface area contributed by atoms with Gasteiger partial charge < -0.3 is 241 Å². The van der Waals surface area contributed by atoms with Crippen molar-refractivity contribution in [3.8, 4) is 0 Å². The molecule has 8 saturated heterocycles. The summed E-state index contributed by atoms with van der Waals surface area (Å²) >= 11 is 0. The molecule has 0 radical (unpaired) electrons. The maximum absolute atomic E-state index is 10.9. The fraction of sp³-hybridized carbons (Fsp3) is 0.889. The zero-order valence-corrected chi connectivity index (χ0v) is 73.7. The monoisotopic (exact) mass is 1880 g/mol. The van der Waals surface area contributed by atoms with Crippen LogP contribution in [-0.2, 0) is 114 Å². The molecular weight excluding hydrogens is 1740 g/mol. The van der Waals surface area contributed by atoms with Gasteiger partial charge >= 0.3 is 0 Å². The van der Waals surface area contributed by atoms with Crippen molar-refractivity contribution >= 4 is 47.3 Å². The predicted molar refractivity (Wildman–Crippen MR) is 415 cm³/mol. The molecule has 752 valence electrons. The number of hydrogen-bond donors (Lipinski definition) is 32. The van der Waals surface area contributed by atoms with E-state index >= 15 is 0 Å². The fourth-order valence-electron chi connectivity index (χ4n) is 14.1. The molecule has 0 aliphatic carbocycles. The average molecular weight is 1880 g/mol. The molecule has 0 aromatic heterocycles. The zero-order chi connectivity index (χ0) is 98.8. The molecule has 8 aliphatic heterocycles. The smallest absolute Gasteiger partial charge is 0.285 e. The van der Waals surface area contributed by atoms with Crippen LogP contribution in [0.5, 0.6) is 0 Å². The van der Waals surface area contributed by atoms with Crippen molar-refractivity contribution in [2.45, 2.75) is 356 Å². The minimum Gasteiger partial charge on any atom is -0.391 e. The highest BCUT2D eigenvalue weighted by Crippen LogP contribution is 2.36. The molecule has 56 nitrogen and oxygen atoms in total. The number of ether oxygens (including phenoxy) is 16. The lowest BCUT2D eigenvalue weighted by Gasteiger charge is -2.42. The first-order valence-corrected chi connectivity index (χ1v) is 39.8. The van der Waals surface area contributed by atoms with Gasteiger partial charge in [-0.2, -0.15) is 0 Å². The summed E-state index contributed by atoms with van der Waals surface area (Å²) in [7, 11) is 0. The van der Waals surface area contributed by atoms with Crippen molar-refractivity contribution in [1.82, 2.24) is 42.5 Å². The lowest BCUT2D eigenvalue weighted by molar-refractivity contribution is -0.414. The molecule has 32 N–H and O–H groups in total. The number of aliphatic hydroxyl groups excluding tert-OH is 16. The Kier molecular flexibility index (Phi) is 51.7. The van der Waals surface area contributed by atoms with Crippen LogP contribution in [0.3, 0.4) is 0 Å². The average Bonchev–Trinajstić information content (AvgIpc) is 0.857. The van der Waals surface area contributed by atoms with Crippen LogP contribution in [0.1, 0.15) is 162 Å². The van der Waals surface area contributed by atoms with Crippen LogP contribution in [0.4, 0.5) is 0 Å². The van der Waals surface area contributed by atoms with Gasteiger partial charge in [-0.1, -0.05) is 0 Å². The van der Waals surface area contributed by atoms with E-state index in [9.17, 15) is 120 Å². The Morgan fingerprint density at radius 1 is 0.211 bits per heavy atom. The Morgan fingerprint density at radius 3 is 0.344 bits per heavy atom. The third kappa shape index (κ3) is 41.7. The molecule has 0 spiro atoms. The van der Waals surface area contributed by atoms with Crippen molar-refractivity contribution < 1.29 is 237 Å². The Labute approximate surface area is 734 Å². The summed E-state index contributed by atoms with van der Waals surface area (Å²) in [5.41, 5.74) is 0. The maximum Gasteiger partial charge on any atom is 0.285 e. The van der Waals surface area contributed by atoms with Crippen LogP contribution in [-0.4, -0.2) is 418 Å². The molecule has 8 rings (SSSR count). The van der Waals surface area contributed by atoms with Gasteiger partial charge in [0, 0.05) is 55.4 Å². The summed E-state index contributed by atoms with van der Waals surface area (Å²) < 4.78 is 77.4. The molecule has 128 heavy (non-hydrogen) atoms. The van der Waals surface area contributed by atoms with Crippen molar-refractivity contribution in [2.75, 3.05) is 54.3 Å². The van der Waals surface area contributed by atoms with Gasteiger partial charge in [0.05, 0.1) is 197 Å². The Balaban J connectivity index is 0.000000731. The molecule has 56 heteroatoms. The number of amides is 8. The molecule has 32 unspecified atom stereocenters. The van der Waals surface area contributed by atoms with E-state index in [0.29, 0.717) is 0 Å². The van der Waals surface area contributed by atoms with Crippen LogP contribution in [0.15, 0.2) is 0 Å². The van der Waals surface area contributed by atoms with Crippen molar-refractivity contribution in [2.24, 2.45) is 0 Å². The van der Waals surface area contributed by atoms with E-state index in [2.05, 4.69) is 80.4 Å². The van der Waals surface area contributed by atoms with Gasteiger partial charge in [0.2, 0.25) is 47.3 Å². The van der Waals surface area contributed by atoms with Crippen molar-refractivity contribution in [1.29, 1.82) is 0 Å². The third-order valence-electron chi connectivity index (χ3n) is 19.3. The van der Waals surface area contributed by atoms with Crippen LogP contribution < -0.4 is 42.5 Å². The van der Waals surface area contributed by atoms with Gasteiger partial charge in [0.1, 0.15) is 54.3 Å². The van der Waals surface area contributed by atoms with E-state index in [4.69, 9.17) is 78.7 Å². The van der Waals surface area contributed by atoms with Crippen LogP contribution >= 0.6 is 0 Å². The molecule has 8 fully saturated rings. The Bertz CT molecular complexity index is 2600. The SMILES string of the molecule is CC(=O)NC1C(O)CC(O)(OCO)OC1C.CC(=O)NC1C(O)CC(O)(OCO)OC1C.CC(=O)NC1C(O)CC(O)(OCO)OC1C.CC(=O)NC1C(O)CC(O)(OCO)OC1C.CC(=O)NC1C(O)CC(O)(OCO)OC1C.CC(=O)NC1C(O)CC(O)(OCO)OC1C.CC(=O)NC1C(O)CC(O)(OCO)OC1C.CC(=O)NC1C(O)CC(O)(OCO)OC1C. The van der Waals surface area contributed by atoms with Gasteiger partial charge in [0.15, 0.2) is 0 Å². The van der Waals surface area contributed by atoms with E-state index in [1.165, 1.54) is 55.4 Å². The maximum atomic E-state index is 10.9. The summed E-state index contributed by atoms with van der Waals surface area (Å²) in [6, 6.07) is -4.89. The highest BCUT2D eigenvalue weighted by molar-refractivity contribution is 5.76. The first kappa shape index (κ1) is 120. The molecule has 0 bridgehead atoms. The Morgan fingerprint density at radius 2 is 0.289 bits per heavy atom. The lowest BCUT2D eigenvalue weighted by atomic mass is 9.98. The quantitative estimate of drug-likeness (QED) is 0.0399. The third-order valence-corrected chi connectivity index (χ3v) is 19.3. The largest absolute Gasteiger partial charge is 0.391 e. The number of nitrogens with one attached hydrogen (secondary N) is 8. The van der Waals surface area contributed by atoms with E-state index in [-0.39, 0.29) is 98.6 Å². The second kappa shape index (κ2) is 55.1. The molecule has 8 heterocycles. The van der Waals surface area contributed by atoms with Crippen LogP contribution in [0.25, 0.3) is 0 Å². The van der Waals surface area contributed by atoms with Gasteiger partial charge in [-0.15, -0.1) is 0 Å². The van der Waals surface area contributed by atoms with E-state index in [1.807, 2.05) is 0 Å². The van der Waals surface area contributed by atoms with Gasteiger partial charge in [0.25, 0.3) is 47.8 Å². The van der Waals surface area contributed by atoms with Crippen molar-refractivity contribution in [3.05, 3.63) is 0 Å². The molecule has 32 atom stereocenters. The van der Waals surface area contributed by atoms with E-state index < -0.39 is 248 Å². The number of carbonyl (C=O) groups is 8. The van der Waals surface area contributed by atoms with Crippen LogP contribution in [0, 0.1) is 0 Å². The second-order valence-electron chi connectivity index (χ2n) is 30.5. The Hall–Kier alpha value is -5.84. The molecular formula is C72H136N8O48. The molecule has 0 aromatic carbocycles. The summed E-state index contributed by atoms with van der Waals surface area (Å²) in [4.78, 5) is 87.0. The lowest BCUT2D eigenvalue weighted by Crippen LogP contribution is -2.60.